The summed E-state index contributed by atoms with van der Waals surface area (Å²) in [4.78, 5) is 21.5. The molecule has 0 bridgehead atoms. The van der Waals surface area contributed by atoms with Crippen LogP contribution in [0.4, 0.5) is 0 Å². The van der Waals surface area contributed by atoms with Gasteiger partial charge < -0.3 is 14.7 Å². The van der Waals surface area contributed by atoms with E-state index in [2.05, 4.69) is 10.1 Å². The third-order valence-corrected chi connectivity index (χ3v) is 6.71. The third kappa shape index (κ3) is 6.20. The molecular formula is C26H28N2O4S. The smallest absolute Gasteiger partial charge is 0.353 e. The van der Waals surface area contributed by atoms with E-state index in [0.717, 1.165) is 53.3 Å². The predicted octanol–water partition coefficient (Wildman–Crippen LogP) is 6.49. The van der Waals surface area contributed by atoms with Gasteiger partial charge in [-0.1, -0.05) is 66.9 Å². The van der Waals surface area contributed by atoms with E-state index in [1.807, 2.05) is 60.0 Å². The summed E-state index contributed by atoms with van der Waals surface area (Å²) >= 11 is 1.58. The van der Waals surface area contributed by atoms with E-state index < -0.39 is 5.97 Å². The molecule has 0 spiro atoms. The highest BCUT2D eigenvalue weighted by molar-refractivity contribution is 7.09. The topological polar surface area (TPSA) is 81.0 Å². The van der Waals surface area contributed by atoms with Crippen molar-refractivity contribution >= 4 is 23.0 Å². The molecule has 0 saturated heterocycles. The molecule has 2 aromatic carbocycles. The van der Waals surface area contributed by atoms with Gasteiger partial charge in [0.25, 0.3) is 0 Å². The van der Waals surface area contributed by atoms with E-state index in [4.69, 9.17) is 14.7 Å². The maximum atomic E-state index is 11.1. The maximum Gasteiger partial charge on any atom is 0.353 e. The molecule has 1 atom stereocenters. The van der Waals surface area contributed by atoms with Gasteiger partial charge in [0, 0.05) is 16.9 Å². The van der Waals surface area contributed by atoms with Crippen molar-refractivity contribution in [3.63, 3.8) is 0 Å². The van der Waals surface area contributed by atoms with E-state index in [1.54, 1.807) is 11.3 Å². The Balaban J connectivity index is 1.41. The lowest BCUT2D eigenvalue weighted by Gasteiger charge is -2.29. The first-order chi connectivity index (χ1) is 16.1. The van der Waals surface area contributed by atoms with E-state index in [1.165, 1.54) is 13.3 Å². The van der Waals surface area contributed by atoms with Crippen molar-refractivity contribution in [1.29, 1.82) is 0 Å². The van der Waals surface area contributed by atoms with Gasteiger partial charge in [0.2, 0.25) is 0 Å². The van der Waals surface area contributed by atoms with E-state index in [9.17, 15) is 4.79 Å². The average Bonchev–Trinajstić information content (AvgIpc) is 3.34. The number of ether oxygens (including phenoxy) is 1. The fourth-order valence-electron chi connectivity index (χ4n) is 4.05. The highest BCUT2D eigenvalue weighted by Gasteiger charge is 2.27. The van der Waals surface area contributed by atoms with Crippen molar-refractivity contribution in [1.82, 2.24) is 4.98 Å². The summed E-state index contributed by atoms with van der Waals surface area (Å²) in [5.41, 5.74) is 2.99. The van der Waals surface area contributed by atoms with Gasteiger partial charge in [0.15, 0.2) is 11.8 Å². The number of rotatable bonds is 9. The SMILES string of the molecule is C/C(=N\OC(c1ccc(OCc2nc(-c3ccccc3)cs2)cc1)C1CCCCC1)C(=O)O. The number of nitrogens with zero attached hydrogens (tertiary/aromatic N) is 2. The van der Waals surface area contributed by atoms with Crippen LogP contribution in [-0.4, -0.2) is 21.8 Å². The highest BCUT2D eigenvalue weighted by atomic mass is 32.1. The number of benzene rings is 2. The molecule has 0 amide bonds. The molecule has 0 radical (unpaired) electrons. The summed E-state index contributed by atoms with van der Waals surface area (Å²) in [7, 11) is 0. The Hall–Kier alpha value is -3.19. The Bertz CT molecular complexity index is 1070. The largest absolute Gasteiger partial charge is 0.486 e. The summed E-state index contributed by atoms with van der Waals surface area (Å²) in [6.07, 6.45) is 5.39. The minimum absolute atomic E-state index is 0.0471. The number of aliphatic carboxylic acids is 1. The molecule has 4 rings (SSSR count). The monoisotopic (exact) mass is 464 g/mol. The number of oxime groups is 1. The quantitative estimate of drug-likeness (QED) is 0.289. The molecule has 1 saturated carbocycles. The second-order valence-corrected chi connectivity index (χ2v) is 9.20. The van der Waals surface area contributed by atoms with Gasteiger partial charge in [0.05, 0.1) is 5.69 Å². The highest BCUT2D eigenvalue weighted by Crippen LogP contribution is 2.37. The van der Waals surface area contributed by atoms with Crippen LogP contribution in [0.3, 0.4) is 0 Å². The lowest BCUT2D eigenvalue weighted by Crippen LogP contribution is -2.19. The van der Waals surface area contributed by atoms with Gasteiger partial charge in [0.1, 0.15) is 17.4 Å². The van der Waals surface area contributed by atoms with Gasteiger partial charge in [-0.05, 0) is 37.5 Å². The van der Waals surface area contributed by atoms with Crippen LogP contribution in [0.25, 0.3) is 11.3 Å². The van der Waals surface area contributed by atoms with E-state index in [-0.39, 0.29) is 11.8 Å². The maximum absolute atomic E-state index is 11.1. The van der Waals surface area contributed by atoms with Crippen LogP contribution >= 0.6 is 11.3 Å². The predicted molar refractivity (Wildman–Crippen MR) is 129 cm³/mol. The normalized spacial score (nSPS) is 15.7. The van der Waals surface area contributed by atoms with Gasteiger partial charge in [-0.25, -0.2) is 9.78 Å². The Morgan fingerprint density at radius 2 is 1.85 bits per heavy atom. The zero-order chi connectivity index (χ0) is 23.0. The molecule has 33 heavy (non-hydrogen) atoms. The summed E-state index contributed by atoms with van der Waals surface area (Å²) in [5.74, 6) is 0.00385. The van der Waals surface area contributed by atoms with Gasteiger partial charge >= 0.3 is 5.97 Å². The number of hydrogen-bond acceptors (Lipinski definition) is 6. The molecule has 1 aromatic heterocycles. The van der Waals surface area contributed by atoms with Crippen LogP contribution in [-0.2, 0) is 16.2 Å². The Kier molecular flexibility index (Phi) is 7.73. The third-order valence-electron chi connectivity index (χ3n) is 5.88. The first-order valence-electron chi connectivity index (χ1n) is 11.3. The minimum atomic E-state index is -1.07. The zero-order valence-electron chi connectivity index (χ0n) is 18.6. The lowest BCUT2D eigenvalue weighted by molar-refractivity contribution is -0.129. The summed E-state index contributed by atoms with van der Waals surface area (Å²) < 4.78 is 5.95. The van der Waals surface area contributed by atoms with Gasteiger partial charge in [-0.2, -0.15) is 0 Å². The Morgan fingerprint density at radius 1 is 1.12 bits per heavy atom. The second kappa shape index (κ2) is 11.1. The Morgan fingerprint density at radius 3 is 2.55 bits per heavy atom. The van der Waals surface area contributed by atoms with Crippen molar-refractivity contribution in [3.05, 3.63) is 70.5 Å². The van der Waals surface area contributed by atoms with Crippen LogP contribution in [0.5, 0.6) is 5.75 Å². The summed E-state index contributed by atoms with van der Waals surface area (Å²) in [6, 6.07) is 17.9. The molecule has 1 aliphatic rings. The number of carbonyl (C=O) groups is 1. The average molecular weight is 465 g/mol. The fraction of sp³-hybridized carbons (Fsp3) is 0.346. The van der Waals surface area contributed by atoms with Crippen LogP contribution in [0.1, 0.15) is 55.7 Å². The molecular weight excluding hydrogens is 436 g/mol. The zero-order valence-corrected chi connectivity index (χ0v) is 19.5. The molecule has 1 aliphatic carbocycles. The molecule has 172 valence electrons. The molecule has 1 N–H and O–H groups in total. The minimum Gasteiger partial charge on any atom is -0.486 e. The van der Waals surface area contributed by atoms with E-state index >= 15 is 0 Å². The summed E-state index contributed by atoms with van der Waals surface area (Å²) in [5, 5.41) is 15.9. The molecule has 3 aromatic rings. The van der Waals surface area contributed by atoms with Crippen molar-refractivity contribution in [3.8, 4) is 17.0 Å². The molecule has 7 heteroatoms. The molecule has 0 aliphatic heterocycles. The molecule has 6 nitrogen and oxygen atoms in total. The summed E-state index contributed by atoms with van der Waals surface area (Å²) in [6.45, 7) is 1.85. The second-order valence-electron chi connectivity index (χ2n) is 8.26. The van der Waals surface area contributed by atoms with Crippen molar-refractivity contribution in [2.24, 2.45) is 11.1 Å². The van der Waals surface area contributed by atoms with Crippen LogP contribution < -0.4 is 4.74 Å². The molecule has 1 heterocycles. The number of carboxylic acid groups (broad SMARTS) is 1. The van der Waals surface area contributed by atoms with E-state index in [0.29, 0.717) is 12.5 Å². The molecule has 1 fully saturated rings. The number of thiazole rings is 1. The van der Waals surface area contributed by atoms with Crippen LogP contribution in [0, 0.1) is 5.92 Å². The first kappa shape index (κ1) is 23.0. The van der Waals surface area contributed by atoms with Crippen molar-refractivity contribution < 1.29 is 19.5 Å². The lowest BCUT2D eigenvalue weighted by atomic mass is 9.83. The number of hydrogen-bond donors (Lipinski definition) is 1. The number of carboxylic acids is 1. The fourth-order valence-corrected chi connectivity index (χ4v) is 4.76. The van der Waals surface area contributed by atoms with Gasteiger partial charge in [-0.3, -0.25) is 0 Å². The number of aromatic nitrogens is 1. The van der Waals surface area contributed by atoms with Gasteiger partial charge in [-0.15, -0.1) is 11.3 Å². The molecule has 1 unspecified atom stereocenters. The standard InChI is InChI=1S/C26H28N2O4S/c1-18(26(29)30)28-32-25(20-10-6-3-7-11-20)21-12-14-22(15-13-21)31-16-24-27-23(17-33-24)19-8-4-2-5-9-19/h2,4-5,8-9,12-15,17,20,25H,3,6-7,10-11,16H2,1H3,(H,29,30)/b28-18+. The first-order valence-corrected chi connectivity index (χ1v) is 12.1. The van der Waals surface area contributed by atoms with Crippen molar-refractivity contribution in [2.45, 2.75) is 51.7 Å². The Labute approximate surface area is 197 Å². The van der Waals surface area contributed by atoms with Crippen LogP contribution in [0.15, 0.2) is 65.1 Å². The van der Waals surface area contributed by atoms with Crippen molar-refractivity contribution in [2.75, 3.05) is 0 Å². The van der Waals surface area contributed by atoms with Crippen LogP contribution in [0.2, 0.25) is 0 Å².